The minimum absolute atomic E-state index is 0.208. The highest BCUT2D eigenvalue weighted by molar-refractivity contribution is 7.90. The van der Waals surface area contributed by atoms with Gasteiger partial charge in [0.05, 0.1) is 17.0 Å². The van der Waals surface area contributed by atoms with E-state index in [1.165, 1.54) is 0 Å². The largest absolute Gasteiger partial charge is 0.449 e. The number of nitrogens with zero attached hydrogens (tertiary/aromatic N) is 1. The summed E-state index contributed by atoms with van der Waals surface area (Å²) in [6.07, 6.45) is -9.15. The van der Waals surface area contributed by atoms with Crippen LogP contribution in [-0.2, 0) is 22.2 Å². The molecule has 1 N–H and O–H groups in total. The number of hydrogen-bond donors (Lipinski definition) is 1. The smallest absolute Gasteiger partial charge is 0.334 e. The third-order valence-corrected chi connectivity index (χ3v) is 5.58. The molecule has 0 saturated heterocycles. The molecule has 0 aliphatic carbocycles. The monoisotopic (exact) mass is 484 g/mol. The summed E-state index contributed by atoms with van der Waals surface area (Å²) in [6.45, 7) is 1.08. The Labute approximate surface area is 175 Å². The number of hydrogen-bond acceptors (Lipinski definition) is 3. The average molecular weight is 484 g/mol. The van der Waals surface area contributed by atoms with Gasteiger partial charge in [-0.15, -0.1) is 0 Å². The highest BCUT2D eigenvalue weighted by Crippen LogP contribution is 2.39. The molecule has 0 amide bonds. The van der Waals surface area contributed by atoms with Crippen LogP contribution in [0.5, 0.6) is 0 Å². The summed E-state index contributed by atoms with van der Waals surface area (Å²) in [5, 5.41) is 0. The van der Waals surface area contributed by atoms with E-state index < -0.39 is 67.1 Å². The lowest BCUT2D eigenvalue weighted by Crippen LogP contribution is -2.07. The Balaban J connectivity index is 2.29. The van der Waals surface area contributed by atoms with E-state index in [0.29, 0.717) is 24.5 Å². The lowest BCUT2D eigenvalue weighted by molar-refractivity contribution is -0.144. The molecule has 2 aromatic carbocycles. The van der Waals surface area contributed by atoms with Crippen molar-refractivity contribution in [2.75, 3.05) is 6.26 Å². The second-order valence-corrected chi connectivity index (χ2v) is 8.85. The van der Waals surface area contributed by atoms with Crippen LogP contribution >= 0.6 is 0 Å². The van der Waals surface area contributed by atoms with Gasteiger partial charge >= 0.3 is 12.4 Å². The number of imidazole rings is 1. The highest BCUT2D eigenvalue weighted by atomic mass is 32.2. The third kappa shape index (κ3) is 4.47. The zero-order valence-electron chi connectivity index (χ0n) is 16.1. The first kappa shape index (κ1) is 23.7. The number of nitrogens with one attached hydrogen (secondary N) is 1. The zero-order valence-corrected chi connectivity index (χ0v) is 16.9. The quantitative estimate of drug-likeness (QED) is 0.480. The molecular formula is C19H12F8N2O2S. The summed E-state index contributed by atoms with van der Waals surface area (Å²) < 4.78 is 131. The maximum absolute atomic E-state index is 14.6. The zero-order chi connectivity index (χ0) is 24.2. The van der Waals surface area contributed by atoms with Gasteiger partial charge in [0.15, 0.2) is 9.84 Å². The standard InChI is InChI=1S/C19H12F8N2O2S/c1-8-5-9(3-4-11(8)18(22,23)24)15-16(29-17(28-15)19(25,26)27)10-6-13(21)14(7-12(10)20)32(2,30)31/h3-7H,1-2H3,(H,28,29). The number of aromatic amines is 1. The number of rotatable bonds is 3. The van der Waals surface area contributed by atoms with Crippen LogP contribution in [0.25, 0.3) is 22.5 Å². The van der Waals surface area contributed by atoms with Gasteiger partial charge in [0.25, 0.3) is 0 Å². The second-order valence-electron chi connectivity index (χ2n) is 6.87. The van der Waals surface area contributed by atoms with E-state index in [4.69, 9.17) is 0 Å². The maximum Gasteiger partial charge on any atom is 0.449 e. The van der Waals surface area contributed by atoms with Gasteiger partial charge in [-0.05, 0) is 36.8 Å². The van der Waals surface area contributed by atoms with Gasteiger partial charge in [0, 0.05) is 17.4 Å². The van der Waals surface area contributed by atoms with Crippen LogP contribution in [-0.4, -0.2) is 24.6 Å². The Kier molecular flexibility index (Phi) is 5.61. The Morgan fingerprint density at radius 2 is 1.53 bits per heavy atom. The minimum atomic E-state index is -5.05. The van der Waals surface area contributed by atoms with E-state index in [2.05, 4.69) is 4.98 Å². The number of halogens is 8. The first-order chi connectivity index (χ1) is 14.5. The second kappa shape index (κ2) is 7.57. The molecule has 0 fully saturated rings. The van der Waals surface area contributed by atoms with E-state index in [-0.39, 0.29) is 11.1 Å². The molecule has 0 radical (unpaired) electrons. The summed E-state index contributed by atoms with van der Waals surface area (Å²) in [4.78, 5) is 4.14. The van der Waals surface area contributed by atoms with Crippen molar-refractivity contribution in [3.8, 4) is 22.5 Å². The van der Waals surface area contributed by atoms with Gasteiger partial charge in [-0.1, -0.05) is 6.07 Å². The van der Waals surface area contributed by atoms with Crippen molar-refractivity contribution >= 4 is 9.84 Å². The molecule has 4 nitrogen and oxygen atoms in total. The molecule has 3 rings (SSSR count). The summed E-state index contributed by atoms with van der Waals surface area (Å²) in [5.74, 6) is -4.43. The number of H-pyrrole nitrogens is 1. The molecule has 0 aliphatic rings. The van der Waals surface area contributed by atoms with E-state index >= 15 is 0 Å². The Morgan fingerprint density at radius 1 is 0.906 bits per heavy atom. The topological polar surface area (TPSA) is 62.8 Å². The molecule has 0 bridgehead atoms. The normalized spacial score (nSPS) is 12.9. The van der Waals surface area contributed by atoms with Crippen molar-refractivity contribution in [2.45, 2.75) is 24.2 Å². The minimum Gasteiger partial charge on any atom is -0.334 e. The lowest BCUT2D eigenvalue weighted by atomic mass is 10.00. The van der Waals surface area contributed by atoms with Gasteiger partial charge in [0.1, 0.15) is 16.5 Å². The number of aryl methyl sites for hydroxylation is 1. The molecule has 0 unspecified atom stereocenters. The summed E-state index contributed by atoms with van der Waals surface area (Å²) >= 11 is 0. The van der Waals surface area contributed by atoms with Crippen LogP contribution in [0.2, 0.25) is 0 Å². The van der Waals surface area contributed by atoms with Gasteiger partial charge in [-0.25, -0.2) is 22.2 Å². The van der Waals surface area contributed by atoms with Crippen molar-refractivity contribution in [1.29, 1.82) is 0 Å². The Hall–Kier alpha value is -2.96. The van der Waals surface area contributed by atoms with Crippen molar-refractivity contribution in [1.82, 2.24) is 9.97 Å². The van der Waals surface area contributed by atoms with Gasteiger partial charge in [-0.2, -0.15) is 26.3 Å². The molecule has 0 aliphatic heterocycles. The highest BCUT2D eigenvalue weighted by Gasteiger charge is 2.37. The van der Waals surface area contributed by atoms with Crippen LogP contribution < -0.4 is 0 Å². The number of sulfone groups is 1. The average Bonchev–Trinajstić information content (AvgIpc) is 3.06. The Morgan fingerprint density at radius 3 is 2.03 bits per heavy atom. The molecule has 3 aromatic rings. The molecule has 0 atom stereocenters. The molecule has 0 saturated carbocycles. The third-order valence-electron chi connectivity index (χ3n) is 4.47. The number of benzene rings is 2. The van der Waals surface area contributed by atoms with Crippen LogP contribution in [0, 0.1) is 18.6 Å². The first-order valence-electron chi connectivity index (χ1n) is 8.55. The van der Waals surface area contributed by atoms with Crippen LogP contribution in [0.1, 0.15) is 17.0 Å². The fourth-order valence-electron chi connectivity index (χ4n) is 3.04. The lowest BCUT2D eigenvalue weighted by Gasteiger charge is -2.12. The maximum atomic E-state index is 14.6. The van der Waals surface area contributed by atoms with Gasteiger partial charge in [0.2, 0.25) is 5.82 Å². The number of aromatic nitrogens is 2. The van der Waals surface area contributed by atoms with E-state index in [1.807, 2.05) is 4.98 Å². The molecule has 1 heterocycles. The van der Waals surface area contributed by atoms with Crippen LogP contribution in [0.15, 0.2) is 35.2 Å². The molecule has 32 heavy (non-hydrogen) atoms. The summed E-state index contributed by atoms with van der Waals surface area (Å²) in [7, 11) is -4.19. The summed E-state index contributed by atoms with van der Waals surface area (Å²) in [6, 6.07) is 3.06. The molecule has 0 spiro atoms. The fraction of sp³-hybridized carbons (Fsp3) is 0.211. The van der Waals surface area contributed by atoms with Crippen molar-refractivity contribution in [3.05, 3.63) is 58.9 Å². The number of alkyl halides is 6. The van der Waals surface area contributed by atoms with E-state index in [9.17, 15) is 43.5 Å². The predicted octanol–water partition coefficient (Wildman–Crippen LogP) is 5.77. The van der Waals surface area contributed by atoms with Gasteiger partial charge in [-0.3, -0.25) is 0 Å². The van der Waals surface area contributed by atoms with Crippen LogP contribution in [0.4, 0.5) is 35.1 Å². The SMILES string of the molecule is Cc1cc(-c2[nH]c(C(F)(F)F)nc2-c2cc(F)c(S(C)(=O)=O)cc2F)ccc1C(F)(F)F. The predicted molar refractivity (Wildman–Crippen MR) is 97.2 cm³/mol. The van der Waals surface area contributed by atoms with E-state index in [0.717, 1.165) is 19.1 Å². The first-order valence-corrected chi connectivity index (χ1v) is 10.4. The molecule has 13 heteroatoms. The van der Waals surface area contributed by atoms with E-state index in [1.54, 1.807) is 0 Å². The molecular weight excluding hydrogens is 472 g/mol. The molecule has 172 valence electrons. The van der Waals surface area contributed by atoms with Gasteiger partial charge < -0.3 is 4.98 Å². The Bertz CT molecular complexity index is 1310. The summed E-state index contributed by atoms with van der Waals surface area (Å²) in [5.41, 5.74) is -3.67. The van der Waals surface area contributed by atoms with Crippen molar-refractivity contribution < 1.29 is 43.5 Å². The molecule has 1 aromatic heterocycles. The van der Waals surface area contributed by atoms with Crippen molar-refractivity contribution in [2.24, 2.45) is 0 Å². The van der Waals surface area contributed by atoms with Crippen LogP contribution in [0.3, 0.4) is 0 Å². The fourth-order valence-corrected chi connectivity index (χ4v) is 3.77. The van der Waals surface area contributed by atoms with Crippen molar-refractivity contribution in [3.63, 3.8) is 0 Å².